The smallest absolute Gasteiger partial charge is 0.335 e. The van der Waals surface area contributed by atoms with Gasteiger partial charge in [0, 0.05) is 18.3 Å². The van der Waals surface area contributed by atoms with Crippen molar-refractivity contribution in [2.75, 3.05) is 6.54 Å². The van der Waals surface area contributed by atoms with Crippen LogP contribution in [0.2, 0.25) is 0 Å². The number of aromatic carboxylic acids is 1. The molecule has 0 atom stereocenters. The second-order valence-corrected chi connectivity index (χ2v) is 3.60. The van der Waals surface area contributed by atoms with Gasteiger partial charge in [0.1, 0.15) is 5.84 Å². The maximum Gasteiger partial charge on any atom is 0.335 e. The number of carbonyl (C=O) groups is 1. The van der Waals surface area contributed by atoms with E-state index in [1.165, 1.54) is 12.1 Å². The first-order valence-corrected chi connectivity index (χ1v) is 5.04. The van der Waals surface area contributed by atoms with Gasteiger partial charge >= 0.3 is 5.97 Å². The van der Waals surface area contributed by atoms with E-state index < -0.39 is 5.97 Å². The SMILES string of the molecule is Cl.N=C(c1ccc(C(=O)O)cc1)N1C=CCC1. The highest BCUT2D eigenvalue weighted by Crippen LogP contribution is 2.12. The van der Waals surface area contributed by atoms with Gasteiger partial charge in [-0.05, 0) is 18.6 Å². The summed E-state index contributed by atoms with van der Waals surface area (Å²) in [6.45, 7) is 0.819. The minimum absolute atomic E-state index is 0. The van der Waals surface area contributed by atoms with Gasteiger partial charge < -0.3 is 10.0 Å². The normalized spacial score (nSPS) is 13.3. The molecule has 17 heavy (non-hydrogen) atoms. The molecule has 0 bridgehead atoms. The zero-order chi connectivity index (χ0) is 11.5. The minimum atomic E-state index is -0.945. The van der Waals surface area contributed by atoms with Crippen LogP contribution in [0.1, 0.15) is 22.3 Å². The average molecular weight is 253 g/mol. The number of carboxylic acids is 1. The number of amidine groups is 1. The van der Waals surface area contributed by atoms with E-state index in [0.29, 0.717) is 5.84 Å². The van der Waals surface area contributed by atoms with E-state index in [2.05, 4.69) is 0 Å². The van der Waals surface area contributed by atoms with Crippen LogP contribution in [0.25, 0.3) is 0 Å². The average Bonchev–Trinajstić information content (AvgIpc) is 2.81. The summed E-state index contributed by atoms with van der Waals surface area (Å²) in [4.78, 5) is 12.5. The number of nitrogens with zero attached hydrogens (tertiary/aromatic N) is 1. The highest BCUT2D eigenvalue weighted by atomic mass is 35.5. The summed E-state index contributed by atoms with van der Waals surface area (Å²) in [6, 6.07) is 6.37. The van der Waals surface area contributed by atoms with Crippen LogP contribution in [0.15, 0.2) is 36.5 Å². The van der Waals surface area contributed by atoms with Gasteiger partial charge in [-0.25, -0.2) is 4.79 Å². The van der Waals surface area contributed by atoms with Gasteiger partial charge in [0.15, 0.2) is 0 Å². The molecule has 4 nitrogen and oxygen atoms in total. The van der Waals surface area contributed by atoms with E-state index in [9.17, 15) is 4.79 Å². The quantitative estimate of drug-likeness (QED) is 0.627. The van der Waals surface area contributed by atoms with Crippen molar-refractivity contribution in [1.82, 2.24) is 4.90 Å². The fraction of sp³-hybridized carbons (Fsp3) is 0.167. The maximum atomic E-state index is 10.7. The molecule has 0 unspecified atom stereocenters. The molecule has 1 aromatic carbocycles. The second-order valence-electron chi connectivity index (χ2n) is 3.60. The van der Waals surface area contributed by atoms with E-state index in [1.807, 2.05) is 17.2 Å². The standard InChI is InChI=1S/C12H12N2O2.ClH/c13-11(14-7-1-2-8-14)9-3-5-10(6-4-9)12(15)16;/h1,3-7,13H,2,8H2,(H,15,16);1H. The van der Waals surface area contributed by atoms with Crippen molar-refractivity contribution >= 4 is 24.2 Å². The van der Waals surface area contributed by atoms with Gasteiger partial charge in [0.25, 0.3) is 0 Å². The Hall–Kier alpha value is -1.81. The predicted octanol–water partition coefficient (Wildman–Crippen LogP) is 2.35. The Kier molecular flexibility index (Phi) is 4.29. The lowest BCUT2D eigenvalue weighted by Crippen LogP contribution is -2.23. The molecule has 1 heterocycles. The molecule has 5 heteroatoms. The van der Waals surface area contributed by atoms with Gasteiger partial charge in [0.2, 0.25) is 0 Å². The first-order valence-electron chi connectivity index (χ1n) is 5.04. The van der Waals surface area contributed by atoms with Crippen molar-refractivity contribution in [3.05, 3.63) is 47.7 Å². The number of hydrogen-bond acceptors (Lipinski definition) is 2. The predicted molar refractivity (Wildman–Crippen MR) is 67.9 cm³/mol. The molecular formula is C12H13ClN2O2. The monoisotopic (exact) mass is 252 g/mol. The summed E-state index contributed by atoms with van der Waals surface area (Å²) in [5.41, 5.74) is 0.977. The third-order valence-electron chi connectivity index (χ3n) is 2.51. The number of carboxylic acid groups (broad SMARTS) is 1. The Labute approximate surface area is 105 Å². The number of hydrogen-bond donors (Lipinski definition) is 2. The molecule has 0 spiro atoms. The van der Waals surface area contributed by atoms with Crippen LogP contribution >= 0.6 is 12.4 Å². The lowest BCUT2D eigenvalue weighted by atomic mass is 10.1. The summed E-state index contributed by atoms with van der Waals surface area (Å²) in [5.74, 6) is -0.537. The van der Waals surface area contributed by atoms with Gasteiger partial charge in [-0.1, -0.05) is 18.2 Å². The largest absolute Gasteiger partial charge is 0.478 e. The first kappa shape index (κ1) is 13.3. The van der Waals surface area contributed by atoms with Crippen molar-refractivity contribution in [3.63, 3.8) is 0 Å². The topological polar surface area (TPSA) is 64.4 Å². The molecule has 0 amide bonds. The van der Waals surface area contributed by atoms with Gasteiger partial charge in [-0.15, -0.1) is 12.4 Å². The number of rotatable bonds is 2. The van der Waals surface area contributed by atoms with Crippen LogP contribution in [-0.4, -0.2) is 28.4 Å². The van der Waals surface area contributed by atoms with Crippen LogP contribution in [-0.2, 0) is 0 Å². The Morgan fingerprint density at radius 3 is 2.29 bits per heavy atom. The number of nitrogens with one attached hydrogen (secondary N) is 1. The van der Waals surface area contributed by atoms with Crippen molar-refractivity contribution in [2.45, 2.75) is 6.42 Å². The highest BCUT2D eigenvalue weighted by molar-refractivity contribution is 5.98. The lowest BCUT2D eigenvalue weighted by Gasteiger charge is -2.16. The zero-order valence-corrected chi connectivity index (χ0v) is 9.91. The molecule has 1 aromatic rings. The highest BCUT2D eigenvalue weighted by Gasteiger charge is 2.12. The Bertz CT molecular complexity index is 454. The molecule has 1 aliphatic rings. The van der Waals surface area contributed by atoms with Crippen LogP contribution in [0.3, 0.4) is 0 Å². The minimum Gasteiger partial charge on any atom is -0.478 e. The molecule has 0 radical (unpaired) electrons. The van der Waals surface area contributed by atoms with E-state index in [4.69, 9.17) is 10.5 Å². The first-order chi connectivity index (χ1) is 7.68. The summed E-state index contributed by atoms with van der Waals surface area (Å²) in [6.07, 6.45) is 4.85. The van der Waals surface area contributed by atoms with Gasteiger partial charge in [-0.2, -0.15) is 0 Å². The van der Waals surface area contributed by atoms with E-state index in [1.54, 1.807) is 12.1 Å². The van der Waals surface area contributed by atoms with E-state index >= 15 is 0 Å². The lowest BCUT2D eigenvalue weighted by molar-refractivity contribution is 0.0697. The van der Waals surface area contributed by atoms with E-state index in [0.717, 1.165) is 18.5 Å². The van der Waals surface area contributed by atoms with Crippen LogP contribution in [0, 0.1) is 5.41 Å². The van der Waals surface area contributed by atoms with Crippen LogP contribution in [0.5, 0.6) is 0 Å². The summed E-state index contributed by atoms with van der Waals surface area (Å²) < 4.78 is 0. The molecule has 90 valence electrons. The van der Waals surface area contributed by atoms with Crippen molar-refractivity contribution in [3.8, 4) is 0 Å². The summed E-state index contributed by atoms with van der Waals surface area (Å²) in [7, 11) is 0. The summed E-state index contributed by atoms with van der Waals surface area (Å²) >= 11 is 0. The Morgan fingerprint density at radius 1 is 1.24 bits per heavy atom. The van der Waals surface area contributed by atoms with Gasteiger partial charge in [-0.3, -0.25) is 5.41 Å². The maximum absolute atomic E-state index is 10.7. The van der Waals surface area contributed by atoms with Crippen molar-refractivity contribution in [1.29, 1.82) is 5.41 Å². The molecule has 0 aliphatic carbocycles. The van der Waals surface area contributed by atoms with Crippen LogP contribution in [0.4, 0.5) is 0 Å². The molecule has 0 saturated carbocycles. The fourth-order valence-corrected chi connectivity index (χ4v) is 1.61. The number of benzene rings is 1. The molecule has 1 aliphatic heterocycles. The molecule has 2 rings (SSSR count). The molecular weight excluding hydrogens is 240 g/mol. The summed E-state index contributed by atoms with van der Waals surface area (Å²) in [5, 5.41) is 16.7. The van der Waals surface area contributed by atoms with E-state index in [-0.39, 0.29) is 18.0 Å². The Morgan fingerprint density at radius 2 is 1.82 bits per heavy atom. The number of halogens is 1. The Balaban J connectivity index is 0.00000144. The van der Waals surface area contributed by atoms with Crippen molar-refractivity contribution in [2.24, 2.45) is 0 Å². The van der Waals surface area contributed by atoms with Gasteiger partial charge in [0.05, 0.1) is 5.56 Å². The zero-order valence-electron chi connectivity index (χ0n) is 9.09. The van der Waals surface area contributed by atoms with Crippen molar-refractivity contribution < 1.29 is 9.90 Å². The van der Waals surface area contributed by atoms with Crippen LogP contribution < -0.4 is 0 Å². The third kappa shape index (κ3) is 2.85. The molecule has 0 fully saturated rings. The molecule has 0 saturated heterocycles. The molecule has 0 aromatic heterocycles. The third-order valence-corrected chi connectivity index (χ3v) is 2.51. The molecule has 2 N–H and O–H groups in total. The fourth-order valence-electron chi connectivity index (χ4n) is 1.61. The second kappa shape index (κ2) is 5.50.